The lowest BCUT2D eigenvalue weighted by Gasteiger charge is -2.00. The minimum absolute atomic E-state index is 0.556. The Morgan fingerprint density at radius 1 is 1.00 bits per heavy atom. The van der Waals surface area contributed by atoms with Gasteiger partial charge in [-0.15, -0.1) is 0 Å². The Bertz CT molecular complexity index is 463. The van der Waals surface area contributed by atoms with Crippen LogP contribution >= 0.6 is 11.6 Å². The maximum Gasteiger partial charge on any atom is 0.234 e. The van der Waals surface area contributed by atoms with E-state index in [9.17, 15) is 4.79 Å². The van der Waals surface area contributed by atoms with Gasteiger partial charge in [-0.1, -0.05) is 41.9 Å². The molecule has 13 heavy (non-hydrogen) atoms. The molecular formula is C11H6ClO. The molecule has 0 aromatic heterocycles. The van der Waals surface area contributed by atoms with E-state index in [-0.39, 0.29) is 0 Å². The Labute approximate surface area is 80.9 Å². The first-order valence-corrected chi connectivity index (χ1v) is 4.26. The molecule has 2 heteroatoms. The van der Waals surface area contributed by atoms with Gasteiger partial charge in [0.05, 0.1) is 0 Å². The van der Waals surface area contributed by atoms with Gasteiger partial charge in [0, 0.05) is 16.0 Å². The smallest absolute Gasteiger partial charge is 0.234 e. The highest BCUT2D eigenvalue weighted by Gasteiger charge is 2.01. The molecule has 0 fully saturated rings. The van der Waals surface area contributed by atoms with E-state index in [4.69, 9.17) is 11.6 Å². The molecule has 0 aliphatic heterocycles. The van der Waals surface area contributed by atoms with Gasteiger partial charge in [-0.2, -0.15) is 0 Å². The average molecular weight is 190 g/mol. The molecule has 0 unspecified atom stereocenters. The van der Waals surface area contributed by atoms with E-state index in [1.165, 1.54) is 0 Å². The Morgan fingerprint density at radius 3 is 2.46 bits per heavy atom. The molecule has 0 saturated heterocycles. The van der Waals surface area contributed by atoms with Gasteiger partial charge in [0.15, 0.2) is 0 Å². The molecule has 63 valence electrons. The number of halogens is 1. The van der Waals surface area contributed by atoms with Crippen molar-refractivity contribution in [3.63, 3.8) is 0 Å². The zero-order valence-corrected chi connectivity index (χ0v) is 7.51. The molecular weight excluding hydrogens is 184 g/mol. The predicted molar refractivity (Wildman–Crippen MR) is 53.8 cm³/mol. The van der Waals surface area contributed by atoms with Crippen LogP contribution < -0.4 is 0 Å². The molecule has 0 amide bonds. The number of fused-ring (bicyclic) bond motifs is 1. The molecule has 0 saturated carbocycles. The highest BCUT2D eigenvalue weighted by molar-refractivity contribution is 6.35. The number of rotatable bonds is 1. The maximum absolute atomic E-state index is 10.6. The Hall–Kier alpha value is -1.34. The standard InChI is InChI=1S/C11H6ClO/c12-11-6-2-4-9-8(7-13)3-1-5-10(9)11/h1-6H. The molecule has 0 N–H and O–H groups in total. The van der Waals surface area contributed by atoms with Crippen molar-refractivity contribution in [3.8, 4) is 0 Å². The largest absolute Gasteiger partial charge is 0.285 e. The van der Waals surface area contributed by atoms with Crippen molar-refractivity contribution in [3.05, 3.63) is 47.0 Å². The van der Waals surface area contributed by atoms with Crippen LogP contribution in [0.1, 0.15) is 5.56 Å². The van der Waals surface area contributed by atoms with Crippen molar-refractivity contribution in [1.29, 1.82) is 0 Å². The summed E-state index contributed by atoms with van der Waals surface area (Å²) in [5.74, 6) is 0. The zero-order valence-electron chi connectivity index (χ0n) is 6.75. The van der Waals surface area contributed by atoms with Crippen molar-refractivity contribution in [2.45, 2.75) is 0 Å². The van der Waals surface area contributed by atoms with Crippen molar-refractivity contribution >= 4 is 28.7 Å². The zero-order chi connectivity index (χ0) is 9.26. The van der Waals surface area contributed by atoms with Crippen molar-refractivity contribution in [2.75, 3.05) is 0 Å². The minimum atomic E-state index is 0.556. The normalized spacial score (nSPS) is 10.2. The third-order valence-corrected chi connectivity index (χ3v) is 2.31. The second kappa shape index (κ2) is 3.19. The summed E-state index contributed by atoms with van der Waals surface area (Å²) < 4.78 is 0. The molecule has 1 radical (unpaired) electrons. The van der Waals surface area contributed by atoms with Crippen LogP contribution in [0.25, 0.3) is 10.8 Å². The second-order valence-corrected chi connectivity index (χ2v) is 3.15. The van der Waals surface area contributed by atoms with E-state index >= 15 is 0 Å². The Morgan fingerprint density at radius 2 is 1.69 bits per heavy atom. The first-order valence-electron chi connectivity index (χ1n) is 3.88. The number of hydrogen-bond acceptors (Lipinski definition) is 1. The van der Waals surface area contributed by atoms with Gasteiger partial charge in [-0.05, 0) is 11.5 Å². The summed E-state index contributed by atoms with van der Waals surface area (Å²) in [6.45, 7) is 0. The predicted octanol–water partition coefficient (Wildman–Crippen LogP) is 2.95. The molecule has 0 heterocycles. The maximum atomic E-state index is 10.6. The third-order valence-electron chi connectivity index (χ3n) is 1.98. The lowest BCUT2D eigenvalue weighted by molar-refractivity contribution is 0.563. The van der Waals surface area contributed by atoms with Crippen molar-refractivity contribution < 1.29 is 4.79 Å². The molecule has 2 aromatic carbocycles. The fourth-order valence-corrected chi connectivity index (χ4v) is 1.60. The molecule has 2 rings (SSSR count). The van der Waals surface area contributed by atoms with Crippen molar-refractivity contribution in [1.82, 2.24) is 0 Å². The lowest BCUT2D eigenvalue weighted by Crippen LogP contribution is -1.83. The van der Waals surface area contributed by atoms with Crippen LogP contribution in [0.5, 0.6) is 0 Å². The first kappa shape index (κ1) is 8.27. The minimum Gasteiger partial charge on any atom is -0.285 e. The highest BCUT2D eigenvalue weighted by atomic mass is 35.5. The molecule has 0 aliphatic rings. The van der Waals surface area contributed by atoms with E-state index < -0.39 is 0 Å². The third kappa shape index (κ3) is 1.31. The van der Waals surface area contributed by atoms with E-state index in [0.717, 1.165) is 10.8 Å². The lowest BCUT2D eigenvalue weighted by atomic mass is 10.1. The number of hydrogen-bond donors (Lipinski definition) is 0. The number of benzene rings is 2. The molecule has 0 aliphatic carbocycles. The van der Waals surface area contributed by atoms with E-state index in [1.54, 1.807) is 18.2 Å². The van der Waals surface area contributed by atoms with E-state index in [0.29, 0.717) is 10.6 Å². The molecule has 1 nitrogen and oxygen atoms in total. The van der Waals surface area contributed by atoms with Crippen LogP contribution in [-0.2, 0) is 4.79 Å². The summed E-state index contributed by atoms with van der Waals surface area (Å²) in [6.07, 6.45) is 1.89. The van der Waals surface area contributed by atoms with E-state index in [2.05, 4.69) is 0 Å². The van der Waals surface area contributed by atoms with Gasteiger partial charge in [0.2, 0.25) is 6.29 Å². The monoisotopic (exact) mass is 189 g/mol. The fraction of sp³-hybridized carbons (Fsp3) is 0. The topological polar surface area (TPSA) is 17.1 Å². The van der Waals surface area contributed by atoms with E-state index in [1.807, 2.05) is 24.5 Å². The molecule has 0 bridgehead atoms. The second-order valence-electron chi connectivity index (χ2n) is 2.74. The SMILES string of the molecule is O=[C]c1cccc2c(Cl)cccc12. The average Bonchev–Trinajstić information content (AvgIpc) is 2.18. The van der Waals surface area contributed by atoms with Gasteiger partial charge >= 0.3 is 0 Å². The summed E-state index contributed by atoms with van der Waals surface area (Å²) >= 11 is 5.96. The number of carbonyl (C=O) groups excluding carboxylic acids is 1. The van der Waals surface area contributed by atoms with Gasteiger partial charge < -0.3 is 0 Å². The summed E-state index contributed by atoms with van der Waals surface area (Å²) in [4.78, 5) is 10.6. The summed E-state index contributed by atoms with van der Waals surface area (Å²) in [5, 5.41) is 2.41. The summed E-state index contributed by atoms with van der Waals surface area (Å²) in [5.41, 5.74) is 0.556. The quantitative estimate of drug-likeness (QED) is 0.674. The van der Waals surface area contributed by atoms with Gasteiger partial charge in [0.1, 0.15) is 0 Å². The van der Waals surface area contributed by atoms with Gasteiger partial charge in [-0.3, -0.25) is 4.79 Å². The highest BCUT2D eigenvalue weighted by Crippen LogP contribution is 2.24. The summed E-state index contributed by atoms with van der Waals surface area (Å²) in [6, 6.07) is 10.9. The van der Waals surface area contributed by atoms with Crippen LogP contribution in [0.3, 0.4) is 0 Å². The van der Waals surface area contributed by atoms with Crippen LogP contribution in [0.4, 0.5) is 0 Å². The Kier molecular flexibility index (Phi) is 2.03. The fourth-order valence-electron chi connectivity index (χ4n) is 1.36. The molecule has 0 atom stereocenters. The summed E-state index contributed by atoms with van der Waals surface area (Å²) in [7, 11) is 0. The van der Waals surface area contributed by atoms with Gasteiger partial charge in [0.25, 0.3) is 0 Å². The molecule has 0 spiro atoms. The van der Waals surface area contributed by atoms with Crippen molar-refractivity contribution in [2.24, 2.45) is 0 Å². The van der Waals surface area contributed by atoms with Gasteiger partial charge in [-0.25, -0.2) is 0 Å². The first-order chi connectivity index (χ1) is 6.33. The Balaban J connectivity index is 2.92. The van der Waals surface area contributed by atoms with Crippen LogP contribution in [-0.4, -0.2) is 6.29 Å². The van der Waals surface area contributed by atoms with Crippen LogP contribution in [0, 0.1) is 0 Å². The van der Waals surface area contributed by atoms with Crippen LogP contribution in [0.15, 0.2) is 36.4 Å². The molecule has 2 aromatic rings. The van der Waals surface area contributed by atoms with Crippen LogP contribution in [0.2, 0.25) is 5.02 Å².